The Morgan fingerprint density at radius 1 is 1.41 bits per heavy atom. The standard InChI is InChI=1S/C13H14BrFO2/c14-11-9(4-3-5-10(11)15)8-13(12(16)17)6-1-2-7-13/h3-5H,1-2,6-8H2,(H,16,17). The summed E-state index contributed by atoms with van der Waals surface area (Å²) in [5.74, 6) is -1.09. The molecular formula is C13H14BrFO2. The summed E-state index contributed by atoms with van der Waals surface area (Å²) in [6, 6.07) is 4.78. The number of carbonyl (C=O) groups is 1. The molecule has 0 bridgehead atoms. The summed E-state index contributed by atoms with van der Waals surface area (Å²) in [7, 11) is 0. The second-order valence-electron chi connectivity index (χ2n) is 4.68. The van der Waals surface area contributed by atoms with Crippen LogP contribution in [0.25, 0.3) is 0 Å². The highest BCUT2D eigenvalue weighted by Crippen LogP contribution is 2.42. The minimum Gasteiger partial charge on any atom is -0.481 e. The lowest BCUT2D eigenvalue weighted by Crippen LogP contribution is -2.30. The normalized spacial score (nSPS) is 18.2. The molecule has 4 heteroatoms. The molecule has 1 saturated carbocycles. The SMILES string of the molecule is O=C(O)C1(Cc2cccc(F)c2Br)CCCC1. The second-order valence-corrected chi connectivity index (χ2v) is 5.48. The molecule has 2 rings (SSSR count). The van der Waals surface area contributed by atoms with E-state index in [-0.39, 0.29) is 5.82 Å². The molecule has 0 unspecified atom stereocenters. The molecule has 0 atom stereocenters. The van der Waals surface area contributed by atoms with Crippen LogP contribution in [0.1, 0.15) is 31.2 Å². The molecule has 17 heavy (non-hydrogen) atoms. The summed E-state index contributed by atoms with van der Waals surface area (Å²) in [6.07, 6.45) is 3.66. The molecule has 1 aromatic rings. The molecule has 2 nitrogen and oxygen atoms in total. The Balaban J connectivity index is 2.30. The van der Waals surface area contributed by atoms with Crippen LogP contribution in [-0.2, 0) is 11.2 Å². The van der Waals surface area contributed by atoms with E-state index in [2.05, 4.69) is 15.9 Å². The van der Waals surface area contributed by atoms with E-state index >= 15 is 0 Å². The van der Waals surface area contributed by atoms with Crippen molar-refractivity contribution in [1.29, 1.82) is 0 Å². The van der Waals surface area contributed by atoms with Crippen LogP contribution in [0.4, 0.5) is 4.39 Å². The van der Waals surface area contributed by atoms with Crippen molar-refractivity contribution in [3.63, 3.8) is 0 Å². The third-order valence-electron chi connectivity index (χ3n) is 3.57. The zero-order chi connectivity index (χ0) is 12.5. The van der Waals surface area contributed by atoms with Crippen LogP contribution in [0.5, 0.6) is 0 Å². The second kappa shape index (κ2) is 4.77. The van der Waals surface area contributed by atoms with E-state index < -0.39 is 11.4 Å². The maximum Gasteiger partial charge on any atom is 0.309 e. The fraction of sp³-hybridized carbons (Fsp3) is 0.462. The van der Waals surface area contributed by atoms with Gasteiger partial charge in [-0.25, -0.2) is 4.39 Å². The van der Waals surface area contributed by atoms with Crippen LogP contribution in [-0.4, -0.2) is 11.1 Å². The molecule has 0 heterocycles. The highest BCUT2D eigenvalue weighted by molar-refractivity contribution is 9.10. The van der Waals surface area contributed by atoms with Crippen LogP contribution < -0.4 is 0 Å². The highest BCUT2D eigenvalue weighted by atomic mass is 79.9. The lowest BCUT2D eigenvalue weighted by Gasteiger charge is -2.24. The van der Waals surface area contributed by atoms with E-state index in [9.17, 15) is 14.3 Å². The Morgan fingerprint density at radius 2 is 2.06 bits per heavy atom. The Morgan fingerprint density at radius 3 is 2.65 bits per heavy atom. The summed E-state index contributed by atoms with van der Waals surface area (Å²) in [5.41, 5.74) is 0.0466. The summed E-state index contributed by atoms with van der Waals surface area (Å²) >= 11 is 3.19. The summed E-state index contributed by atoms with van der Waals surface area (Å²) < 4.78 is 13.8. The summed E-state index contributed by atoms with van der Waals surface area (Å²) in [5, 5.41) is 9.38. The van der Waals surface area contributed by atoms with E-state index in [4.69, 9.17) is 0 Å². The first-order valence-corrected chi connectivity index (χ1v) is 6.51. The van der Waals surface area contributed by atoms with E-state index in [0.29, 0.717) is 23.7 Å². The predicted octanol–water partition coefficient (Wildman–Crippen LogP) is 3.78. The topological polar surface area (TPSA) is 37.3 Å². The maximum absolute atomic E-state index is 13.4. The molecule has 1 aliphatic carbocycles. The minimum atomic E-state index is -0.758. The maximum atomic E-state index is 13.4. The predicted molar refractivity (Wildman–Crippen MR) is 66.3 cm³/mol. The molecule has 1 N–H and O–H groups in total. The van der Waals surface area contributed by atoms with Gasteiger partial charge in [-0.15, -0.1) is 0 Å². The number of carboxylic acids is 1. The van der Waals surface area contributed by atoms with E-state index in [0.717, 1.165) is 18.4 Å². The Labute approximate surface area is 108 Å². The molecule has 0 aliphatic heterocycles. The molecule has 0 amide bonds. The first-order chi connectivity index (χ1) is 8.05. The van der Waals surface area contributed by atoms with Gasteiger partial charge in [-0.3, -0.25) is 4.79 Å². The molecule has 0 aromatic heterocycles. The lowest BCUT2D eigenvalue weighted by molar-refractivity contribution is -0.148. The number of halogens is 2. The number of aliphatic carboxylic acids is 1. The molecule has 1 fully saturated rings. The van der Waals surface area contributed by atoms with Gasteiger partial charge in [-0.2, -0.15) is 0 Å². The van der Waals surface area contributed by atoms with Crippen molar-refractivity contribution in [3.05, 3.63) is 34.1 Å². The first kappa shape index (κ1) is 12.6. The Kier molecular flexibility index (Phi) is 3.52. The highest BCUT2D eigenvalue weighted by Gasteiger charge is 2.41. The number of rotatable bonds is 3. The zero-order valence-electron chi connectivity index (χ0n) is 9.38. The van der Waals surface area contributed by atoms with Crippen LogP contribution in [0.2, 0.25) is 0 Å². The smallest absolute Gasteiger partial charge is 0.309 e. The molecule has 92 valence electrons. The van der Waals surface area contributed by atoms with E-state index in [1.54, 1.807) is 12.1 Å². The summed E-state index contributed by atoms with van der Waals surface area (Å²) in [4.78, 5) is 11.4. The van der Waals surface area contributed by atoms with Crippen LogP contribution in [0.15, 0.2) is 22.7 Å². The largest absolute Gasteiger partial charge is 0.481 e. The average molecular weight is 301 g/mol. The number of hydrogen-bond acceptors (Lipinski definition) is 1. The van der Waals surface area contributed by atoms with Crippen LogP contribution >= 0.6 is 15.9 Å². The van der Waals surface area contributed by atoms with Crippen LogP contribution in [0, 0.1) is 11.2 Å². The van der Waals surface area contributed by atoms with Gasteiger partial charge in [0.05, 0.1) is 9.89 Å². The molecule has 0 saturated heterocycles. The third kappa shape index (κ3) is 2.37. The fourth-order valence-corrected chi connectivity index (χ4v) is 2.97. The van der Waals surface area contributed by atoms with Gasteiger partial charge in [0, 0.05) is 0 Å². The molecule has 1 aliphatic rings. The van der Waals surface area contributed by atoms with Gasteiger partial charge in [0.1, 0.15) is 5.82 Å². The quantitative estimate of drug-likeness (QED) is 0.922. The average Bonchev–Trinajstić information content (AvgIpc) is 2.75. The number of hydrogen-bond donors (Lipinski definition) is 1. The van der Waals surface area contributed by atoms with Crippen molar-refractivity contribution in [2.45, 2.75) is 32.1 Å². The molecule has 0 spiro atoms. The van der Waals surface area contributed by atoms with Crippen molar-refractivity contribution in [2.24, 2.45) is 5.41 Å². The van der Waals surface area contributed by atoms with Crippen molar-refractivity contribution in [2.75, 3.05) is 0 Å². The third-order valence-corrected chi connectivity index (χ3v) is 4.46. The lowest BCUT2D eigenvalue weighted by atomic mass is 9.80. The fourth-order valence-electron chi connectivity index (χ4n) is 2.57. The Bertz CT molecular complexity index is 439. The number of carboxylic acid groups (broad SMARTS) is 1. The van der Waals surface area contributed by atoms with Gasteiger partial charge in [0.25, 0.3) is 0 Å². The van der Waals surface area contributed by atoms with Crippen molar-refractivity contribution >= 4 is 21.9 Å². The molecular weight excluding hydrogens is 287 g/mol. The van der Waals surface area contributed by atoms with E-state index in [1.165, 1.54) is 6.07 Å². The van der Waals surface area contributed by atoms with Gasteiger partial charge >= 0.3 is 5.97 Å². The van der Waals surface area contributed by atoms with Crippen LogP contribution in [0.3, 0.4) is 0 Å². The summed E-state index contributed by atoms with van der Waals surface area (Å²) in [6.45, 7) is 0. The minimum absolute atomic E-state index is 0.332. The van der Waals surface area contributed by atoms with Gasteiger partial charge in [-0.1, -0.05) is 25.0 Å². The number of benzene rings is 1. The van der Waals surface area contributed by atoms with Crippen molar-refractivity contribution in [1.82, 2.24) is 0 Å². The van der Waals surface area contributed by atoms with Crippen molar-refractivity contribution in [3.8, 4) is 0 Å². The van der Waals surface area contributed by atoms with Gasteiger partial charge in [0.15, 0.2) is 0 Å². The van der Waals surface area contributed by atoms with E-state index in [1.807, 2.05) is 0 Å². The van der Waals surface area contributed by atoms with Gasteiger partial charge in [0.2, 0.25) is 0 Å². The van der Waals surface area contributed by atoms with Crippen molar-refractivity contribution < 1.29 is 14.3 Å². The van der Waals surface area contributed by atoms with Gasteiger partial charge < -0.3 is 5.11 Å². The Hall–Kier alpha value is -0.900. The zero-order valence-corrected chi connectivity index (χ0v) is 11.0. The van der Waals surface area contributed by atoms with Gasteiger partial charge in [-0.05, 0) is 46.8 Å². The first-order valence-electron chi connectivity index (χ1n) is 5.71. The molecule has 0 radical (unpaired) electrons. The monoisotopic (exact) mass is 300 g/mol. The molecule has 1 aromatic carbocycles.